The Labute approximate surface area is 201 Å². The maximum atomic E-state index is 13.0. The number of nitrogens with one attached hydrogen (secondary N) is 3. The van der Waals surface area contributed by atoms with Gasteiger partial charge >= 0.3 is 5.97 Å². The molecule has 10 nitrogen and oxygen atoms in total. The number of fused-ring (bicyclic) bond motifs is 1. The third kappa shape index (κ3) is 4.91. The van der Waals surface area contributed by atoms with Gasteiger partial charge in [-0.3, -0.25) is 24.2 Å². The van der Waals surface area contributed by atoms with Crippen LogP contribution in [0.4, 0.5) is 17.5 Å². The van der Waals surface area contributed by atoms with Crippen LogP contribution in [0.5, 0.6) is 0 Å². The van der Waals surface area contributed by atoms with Gasteiger partial charge in [0.25, 0.3) is 5.56 Å². The normalized spacial score (nSPS) is 18.1. The highest BCUT2D eigenvalue weighted by atomic mass is 35.5. The number of amides is 2. The molecule has 0 aliphatic carbocycles. The van der Waals surface area contributed by atoms with Gasteiger partial charge < -0.3 is 20.3 Å². The van der Waals surface area contributed by atoms with Gasteiger partial charge in [-0.1, -0.05) is 17.7 Å². The molecule has 2 aliphatic rings. The number of rotatable bonds is 5. The number of esters is 1. The summed E-state index contributed by atoms with van der Waals surface area (Å²) < 4.78 is 5.09. The maximum absolute atomic E-state index is 13.0. The Kier molecular flexibility index (Phi) is 6.87. The molecule has 0 saturated carbocycles. The molecule has 2 aliphatic heterocycles. The molecule has 1 aromatic carbocycles. The van der Waals surface area contributed by atoms with Gasteiger partial charge in [-0.15, -0.1) is 0 Å². The zero-order valence-electron chi connectivity index (χ0n) is 18.9. The van der Waals surface area contributed by atoms with E-state index in [0.717, 1.165) is 5.56 Å². The minimum absolute atomic E-state index is 0.0737. The number of ether oxygens (including phenoxy) is 1. The Morgan fingerprint density at radius 2 is 2.00 bits per heavy atom. The lowest BCUT2D eigenvalue weighted by Crippen LogP contribution is -2.41. The number of aromatic nitrogens is 2. The van der Waals surface area contributed by atoms with Crippen molar-refractivity contribution in [2.24, 2.45) is 5.92 Å². The van der Waals surface area contributed by atoms with E-state index in [-0.39, 0.29) is 35.6 Å². The number of carbonyl (C=O) groups is 3. The van der Waals surface area contributed by atoms with E-state index in [1.165, 1.54) is 0 Å². The molecule has 180 valence electrons. The summed E-state index contributed by atoms with van der Waals surface area (Å²) in [6.07, 6.45) is 0.958. The lowest BCUT2D eigenvalue weighted by Gasteiger charge is -2.32. The van der Waals surface area contributed by atoms with Crippen molar-refractivity contribution in [1.29, 1.82) is 0 Å². The topological polar surface area (TPSA) is 133 Å². The number of piperidine rings is 1. The van der Waals surface area contributed by atoms with Gasteiger partial charge in [-0.05, 0) is 44.4 Å². The monoisotopic (exact) mass is 487 g/mol. The predicted molar refractivity (Wildman–Crippen MR) is 127 cm³/mol. The molecule has 1 aromatic heterocycles. The highest BCUT2D eigenvalue weighted by Gasteiger charge is 2.36. The number of benzene rings is 1. The van der Waals surface area contributed by atoms with E-state index >= 15 is 0 Å². The van der Waals surface area contributed by atoms with E-state index in [0.29, 0.717) is 43.2 Å². The molecule has 0 unspecified atom stereocenters. The van der Waals surface area contributed by atoms with Crippen molar-refractivity contribution in [2.75, 3.05) is 35.2 Å². The van der Waals surface area contributed by atoms with Crippen LogP contribution in [0.3, 0.4) is 0 Å². The standard InChI is InChI=1S/C23H26ClN5O5/c1-3-34-22(33)13-6-8-29(9-7-13)23-27-19-18(21(32)28-23)15(11-17(30)26-19)20(31)25-14-5-4-12(2)16(24)10-14/h4-5,10,13,15H,3,6-9,11H2,1-2H3,(H,25,31)(H2,26,27,28,30,32)/t15-/m1/s1. The van der Waals surface area contributed by atoms with Crippen LogP contribution in [0.1, 0.15) is 43.2 Å². The third-order valence-corrected chi connectivity index (χ3v) is 6.52. The summed E-state index contributed by atoms with van der Waals surface area (Å²) in [4.78, 5) is 59.4. The van der Waals surface area contributed by atoms with Crippen molar-refractivity contribution in [3.8, 4) is 0 Å². The SMILES string of the molecule is CCOC(=O)C1CCN(c2nc3c(c(=O)[nH]2)[C@H](C(=O)Nc2ccc(C)c(Cl)c2)CC(=O)N3)CC1. The van der Waals surface area contributed by atoms with Crippen LogP contribution in [-0.4, -0.2) is 47.4 Å². The molecule has 3 N–H and O–H groups in total. The number of nitrogens with zero attached hydrogens (tertiary/aromatic N) is 2. The van der Waals surface area contributed by atoms with Gasteiger partial charge in [0, 0.05) is 30.2 Å². The summed E-state index contributed by atoms with van der Waals surface area (Å²) >= 11 is 6.13. The van der Waals surface area contributed by atoms with Gasteiger partial charge in [0.1, 0.15) is 5.82 Å². The number of hydrogen-bond acceptors (Lipinski definition) is 7. The average Bonchev–Trinajstić information content (AvgIpc) is 2.80. The average molecular weight is 488 g/mol. The Morgan fingerprint density at radius 1 is 1.26 bits per heavy atom. The summed E-state index contributed by atoms with van der Waals surface area (Å²) in [5.41, 5.74) is 0.954. The molecule has 2 aromatic rings. The van der Waals surface area contributed by atoms with E-state index in [2.05, 4.69) is 20.6 Å². The lowest BCUT2D eigenvalue weighted by atomic mass is 9.92. The van der Waals surface area contributed by atoms with E-state index < -0.39 is 23.3 Å². The molecule has 1 atom stereocenters. The first kappa shape index (κ1) is 23.7. The van der Waals surface area contributed by atoms with Gasteiger partial charge in [0.15, 0.2) is 0 Å². The summed E-state index contributed by atoms with van der Waals surface area (Å²) in [6, 6.07) is 5.09. The van der Waals surface area contributed by atoms with Crippen LogP contribution in [-0.2, 0) is 19.1 Å². The molecule has 3 heterocycles. The van der Waals surface area contributed by atoms with Crippen molar-refractivity contribution in [1.82, 2.24) is 9.97 Å². The van der Waals surface area contributed by atoms with Crippen LogP contribution in [0.15, 0.2) is 23.0 Å². The van der Waals surface area contributed by atoms with Crippen LogP contribution in [0.25, 0.3) is 0 Å². The fourth-order valence-corrected chi connectivity index (χ4v) is 4.40. The molecular formula is C23H26ClN5O5. The van der Waals surface area contributed by atoms with Crippen molar-refractivity contribution >= 4 is 46.8 Å². The first-order valence-corrected chi connectivity index (χ1v) is 11.6. The number of carbonyl (C=O) groups excluding carboxylic acids is 3. The molecule has 11 heteroatoms. The van der Waals surface area contributed by atoms with Gasteiger partial charge in [-0.25, -0.2) is 0 Å². The fourth-order valence-electron chi connectivity index (χ4n) is 4.22. The smallest absolute Gasteiger partial charge is 0.309 e. The lowest BCUT2D eigenvalue weighted by molar-refractivity contribution is -0.148. The molecule has 0 spiro atoms. The molecule has 4 rings (SSSR count). The molecule has 2 amide bonds. The zero-order valence-corrected chi connectivity index (χ0v) is 19.7. The number of aromatic amines is 1. The van der Waals surface area contributed by atoms with Crippen LogP contribution >= 0.6 is 11.6 Å². The highest BCUT2D eigenvalue weighted by Crippen LogP contribution is 2.31. The Bertz CT molecular complexity index is 1190. The second kappa shape index (κ2) is 9.84. The van der Waals surface area contributed by atoms with Crippen LogP contribution in [0.2, 0.25) is 5.02 Å². The Morgan fingerprint density at radius 3 is 2.68 bits per heavy atom. The van der Waals surface area contributed by atoms with Gasteiger partial charge in [0.05, 0.1) is 24.0 Å². The predicted octanol–water partition coefficient (Wildman–Crippen LogP) is 2.58. The largest absolute Gasteiger partial charge is 0.466 e. The molecule has 0 bridgehead atoms. The number of anilines is 3. The molecule has 34 heavy (non-hydrogen) atoms. The minimum Gasteiger partial charge on any atom is -0.466 e. The van der Waals surface area contributed by atoms with Crippen molar-refractivity contribution < 1.29 is 19.1 Å². The molecular weight excluding hydrogens is 462 g/mol. The van der Waals surface area contributed by atoms with Gasteiger partial charge in [-0.2, -0.15) is 4.98 Å². The first-order chi connectivity index (χ1) is 16.3. The van der Waals surface area contributed by atoms with Crippen LogP contribution < -0.4 is 21.1 Å². The Balaban J connectivity index is 1.54. The number of aryl methyl sites for hydroxylation is 1. The number of hydrogen-bond donors (Lipinski definition) is 3. The molecule has 1 fully saturated rings. The van der Waals surface area contributed by atoms with Crippen molar-refractivity contribution in [2.45, 2.75) is 39.0 Å². The molecule has 0 radical (unpaired) electrons. The fraction of sp³-hybridized carbons (Fsp3) is 0.435. The van der Waals surface area contributed by atoms with Crippen molar-refractivity contribution in [3.05, 3.63) is 44.7 Å². The van der Waals surface area contributed by atoms with Crippen LogP contribution in [0, 0.1) is 12.8 Å². The highest BCUT2D eigenvalue weighted by molar-refractivity contribution is 6.31. The second-order valence-corrected chi connectivity index (χ2v) is 8.83. The Hall–Kier alpha value is -3.40. The number of H-pyrrole nitrogens is 1. The minimum atomic E-state index is -0.997. The number of halogens is 1. The molecule has 1 saturated heterocycles. The van der Waals surface area contributed by atoms with Crippen molar-refractivity contribution in [3.63, 3.8) is 0 Å². The summed E-state index contributed by atoms with van der Waals surface area (Å²) in [6.45, 7) is 4.95. The zero-order chi connectivity index (χ0) is 24.4. The van der Waals surface area contributed by atoms with E-state index in [9.17, 15) is 19.2 Å². The van der Waals surface area contributed by atoms with E-state index in [4.69, 9.17) is 16.3 Å². The second-order valence-electron chi connectivity index (χ2n) is 8.42. The van der Waals surface area contributed by atoms with E-state index in [1.807, 2.05) is 11.8 Å². The van der Waals surface area contributed by atoms with Gasteiger partial charge in [0.2, 0.25) is 17.8 Å². The summed E-state index contributed by atoms with van der Waals surface area (Å²) in [5.74, 6) is -1.94. The summed E-state index contributed by atoms with van der Waals surface area (Å²) in [7, 11) is 0. The van der Waals surface area contributed by atoms with E-state index in [1.54, 1.807) is 25.1 Å². The quantitative estimate of drug-likeness (QED) is 0.552. The summed E-state index contributed by atoms with van der Waals surface area (Å²) in [5, 5.41) is 5.85. The third-order valence-electron chi connectivity index (χ3n) is 6.11. The first-order valence-electron chi connectivity index (χ1n) is 11.2. The maximum Gasteiger partial charge on any atom is 0.309 e.